The number of nitrogens with zero attached hydrogens (tertiary/aromatic N) is 2. The molecule has 10 heteroatoms. The lowest BCUT2D eigenvalue weighted by atomic mass is 10.1. The van der Waals surface area contributed by atoms with Gasteiger partial charge in [0, 0.05) is 16.6 Å². The molecule has 158 valence electrons. The summed E-state index contributed by atoms with van der Waals surface area (Å²) in [6, 6.07) is 11.2. The zero-order valence-corrected chi connectivity index (χ0v) is 16.5. The summed E-state index contributed by atoms with van der Waals surface area (Å²) in [4.78, 5) is 30.1. The lowest BCUT2D eigenvalue weighted by Gasteiger charge is -2.09. The standard InChI is InChI=1S/C21H14F3N3O3S/c22-13-3-1-12(2-4-13)16-10-31-19-18(16)20(29)27(11-25-19)9-17(28)26-14-5-7-15(8-6-14)30-21(23)24/h1-8,10-11,21H,9H2,(H,26,28). The van der Waals surface area contributed by atoms with Crippen LogP contribution >= 0.6 is 11.3 Å². The number of ether oxygens (including phenoxy) is 1. The van der Waals surface area contributed by atoms with Gasteiger partial charge in [-0.1, -0.05) is 12.1 Å². The van der Waals surface area contributed by atoms with Gasteiger partial charge in [0.1, 0.15) is 22.9 Å². The van der Waals surface area contributed by atoms with Crippen LogP contribution in [-0.4, -0.2) is 22.1 Å². The molecule has 0 aliphatic carbocycles. The van der Waals surface area contributed by atoms with E-state index in [1.165, 1.54) is 58.6 Å². The van der Waals surface area contributed by atoms with Crippen LogP contribution in [0, 0.1) is 5.82 Å². The number of rotatable bonds is 6. The van der Waals surface area contributed by atoms with E-state index in [9.17, 15) is 22.8 Å². The number of aromatic nitrogens is 2. The van der Waals surface area contributed by atoms with Crippen LogP contribution in [0.5, 0.6) is 5.75 Å². The number of benzene rings is 2. The number of amides is 1. The molecule has 2 heterocycles. The van der Waals surface area contributed by atoms with Gasteiger partial charge in [-0.3, -0.25) is 14.2 Å². The van der Waals surface area contributed by atoms with Gasteiger partial charge in [0.25, 0.3) is 5.56 Å². The van der Waals surface area contributed by atoms with Crippen molar-refractivity contribution in [3.8, 4) is 16.9 Å². The van der Waals surface area contributed by atoms with Gasteiger partial charge in [0.15, 0.2) is 0 Å². The molecule has 0 atom stereocenters. The Morgan fingerprint density at radius 3 is 2.52 bits per heavy atom. The first-order chi connectivity index (χ1) is 14.9. The summed E-state index contributed by atoms with van der Waals surface area (Å²) in [7, 11) is 0. The van der Waals surface area contributed by atoms with Gasteiger partial charge < -0.3 is 10.1 Å². The molecule has 1 amide bonds. The van der Waals surface area contributed by atoms with Crippen molar-refractivity contribution < 1.29 is 22.7 Å². The molecule has 2 aromatic carbocycles. The highest BCUT2D eigenvalue weighted by atomic mass is 32.1. The lowest BCUT2D eigenvalue weighted by molar-refractivity contribution is -0.116. The minimum atomic E-state index is -2.94. The molecule has 1 N–H and O–H groups in total. The first-order valence-corrected chi connectivity index (χ1v) is 9.86. The number of anilines is 1. The lowest BCUT2D eigenvalue weighted by Crippen LogP contribution is -2.27. The summed E-state index contributed by atoms with van der Waals surface area (Å²) < 4.78 is 43.1. The highest BCUT2D eigenvalue weighted by Gasteiger charge is 2.15. The summed E-state index contributed by atoms with van der Waals surface area (Å²) in [6.45, 7) is -3.23. The second kappa shape index (κ2) is 8.60. The number of alkyl halides is 2. The van der Waals surface area contributed by atoms with Crippen LogP contribution < -0.4 is 15.6 Å². The van der Waals surface area contributed by atoms with Crippen molar-refractivity contribution in [2.75, 3.05) is 5.32 Å². The van der Waals surface area contributed by atoms with Crippen LogP contribution in [-0.2, 0) is 11.3 Å². The minimum Gasteiger partial charge on any atom is -0.435 e. The molecule has 0 radical (unpaired) electrons. The van der Waals surface area contributed by atoms with Crippen molar-refractivity contribution >= 4 is 33.1 Å². The average Bonchev–Trinajstić information content (AvgIpc) is 3.17. The van der Waals surface area contributed by atoms with Crippen LogP contribution in [0.4, 0.5) is 18.9 Å². The van der Waals surface area contributed by atoms with Gasteiger partial charge in [0.05, 0.1) is 11.7 Å². The third kappa shape index (κ3) is 4.58. The monoisotopic (exact) mass is 445 g/mol. The van der Waals surface area contributed by atoms with Gasteiger partial charge in [-0.2, -0.15) is 8.78 Å². The molecule has 2 aromatic heterocycles. The Balaban J connectivity index is 1.55. The van der Waals surface area contributed by atoms with Crippen molar-refractivity contribution in [1.82, 2.24) is 9.55 Å². The largest absolute Gasteiger partial charge is 0.435 e. The maximum atomic E-state index is 13.2. The quantitative estimate of drug-likeness (QED) is 0.474. The average molecular weight is 445 g/mol. The van der Waals surface area contributed by atoms with Gasteiger partial charge >= 0.3 is 6.61 Å². The zero-order chi connectivity index (χ0) is 22.0. The maximum absolute atomic E-state index is 13.2. The smallest absolute Gasteiger partial charge is 0.387 e. The Morgan fingerprint density at radius 2 is 1.84 bits per heavy atom. The molecule has 4 aromatic rings. The SMILES string of the molecule is O=C(Cn1cnc2scc(-c3ccc(F)cc3)c2c1=O)Nc1ccc(OC(F)F)cc1. The number of carbonyl (C=O) groups excluding carboxylic acids is 1. The highest BCUT2D eigenvalue weighted by Crippen LogP contribution is 2.30. The first-order valence-electron chi connectivity index (χ1n) is 8.98. The Bertz CT molecular complexity index is 1290. The van der Waals surface area contributed by atoms with E-state index in [0.717, 1.165) is 0 Å². The summed E-state index contributed by atoms with van der Waals surface area (Å²) in [5.74, 6) is -0.918. The van der Waals surface area contributed by atoms with E-state index in [4.69, 9.17) is 0 Å². The molecule has 0 aliphatic heterocycles. The summed E-state index contributed by atoms with van der Waals surface area (Å²) >= 11 is 1.28. The van der Waals surface area contributed by atoms with Crippen molar-refractivity contribution in [1.29, 1.82) is 0 Å². The maximum Gasteiger partial charge on any atom is 0.387 e. The van der Waals surface area contributed by atoms with Crippen molar-refractivity contribution in [2.24, 2.45) is 0 Å². The highest BCUT2D eigenvalue weighted by molar-refractivity contribution is 7.17. The zero-order valence-electron chi connectivity index (χ0n) is 15.7. The molecular formula is C21H14F3N3O3S. The van der Waals surface area contributed by atoms with Crippen molar-refractivity contribution in [3.63, 3.8) is 0 Å². The van der Waals surface area contributed by atoms with Crippen LogP contribution in [0.25, 0.3) is 21.3 Å². The van der Waals surface area contributed by atoms with E-state index in [1.807, 2.05) is 0 Å². The van der Waals surface area contributed by atoms with Gasteiger partial charge in [-0.05, 0) is 42.0 Å². The summed E-state index contributed by atoms with van der Waals surface area (Å²) in [6.07, 6.45) is 1.29. The molecule has 0 bridgehead atoms. The molecule has 4 rings (SSSR count). The van der Waals surface area contributed by atoms with Gasteiger partial charge in [-0.25, -0.2) is 9.37 Å². The molecule has 31 heavy (non-hydrogen) atoms. The molecule has 0 saturated heterocycles. The molecule has 0 saturated carbocycles. The van der Waals surface area contributed by atoms with Crippen LogP contribution in [0.2, 0.25) is 0 Å². The predicted octanol–water partition coefficient (Wildman–Crippen LogP) is 4.50. The predicted molar refractivity (Wildman–Crippen MR) is 111 cm³/mol. The van der Waals surface area contributed by atoms with Crippen molar-refractivity contribution in [2.45, 2.75) is 13.2 Å². The normalized spacial score (nSPS) is 11.1. The molecule has 0 aliphatic rings. The molecule has 0 unspecified atom stereocenters. The Hall–Kier alpha value is -3.66. The van der Waals surface area contributed by atoms with E-state index in [0.29, 0.717) is 27.0 Å². The van der Waals surface area contributed by atoms with Crippen LogP contribution in [0.15, 0.2) is 65.0 Å². The van der Waals surface area contributed by atoms with E-state index in [1.54, 1.807) is 17.5 Å². The minimum absolute atomic E-state index is 0.0374. The van der Waals surface area contributed by atoms with Crippen LogP contribution in [0.3, 0.4) is 0 Å². The van der Waals surface area contributed by atoms with E-state index < -0.39 is 18.1 Å². The van der Waals surface area contributed by atoms with Gasteiger partial charge in [0.2, 0.25) is 5.91 Å². The summed E-state index contributed by atoms with van der Waals surface area (Å²) in [5.41, 5.74) is 1.24. The Labute approximate surface area is 177 Å². The topological polar surface area (TPSA) is 73.2 Å². The number of halogens is 3. The first kappa shape index (κ1) is 20.6. The van der Waals surface area contributed by atoms with Gasteiger partial charge in [-0.15, -0.1) is 11.3 Å². The fourth-order valence-corrected chi connectivity index (χ4v) is 3.90. The van der Waals surface area contributed by atoms with E-state index >= 15 is 0 Å². The Morgan fingerprint density at radius 1 is 1.13 bits per heavy atom. The third-order valence-electron chi connectivity index (χ3n) is 4.39. The Kier molecular flexibility index (Phi) is 5.72. The fourth-order valence-electron chi connectivity index (χ4n) is 3.00. The van der Waals surface area contributed by atoms with Crippen molar-refractivity contribution in [3.05, 3.63) is 76.4 Å². The molecular weight excluding hydrogens is 431 g/mol. The fraction of sp³-hybridized carbons (Fsp3) is 0.0952. The van der Waals surface area contributed by atoms with E-state index in [2.05, 4.69) is 15.0 Å². The second-order valence-electron chi connectivity index (χ2n) is 6.47. The third-order valence-corrected chi connectivity index (χ3v) is 5.28. The number of hydrogen-bond acceptors (Lipinski definition) is 5. The molecule has 6 nitrogen and oxygen atoms in total. The number of hydrogen-bond donors (Lipinski definition) is 1. The van der Waals surface area contributed by atoms with E-state index in [-0.39, 0.29) is 18.1 Å². The molecule has 0 fully saturated rings. The number of fused-ring (bicyclic) bond motifs is 1. The number of thiophene rings is 1. The number of carbonyl (C=O) groups is 1. The number of nitrogens with one attached hydrogen (secondary N) is 1. The molecule has 0 spiro atoms. The van der Waals surface area contributed by atoms with Crippen LogP contribution in [0.1, 0.15) is 0 Å². The summed E-state index contributed by atoms with van der Waals surface area (Å²) in [5, 5.41) is 4.70. The second-order valence-corrected chi connectivity index (χ2v) is 7.32.